The minimum atomic E-state index is -2.16. The average Bonchev–Trinajstić information content (AvgIpc) is 2.81. The number of rotatable bonds is 14. The molecule has 0 aliphatic carbocycles. The minimum absolute atomic E-state index is 0.0163. The molecular formula is C33H63NO7Si. The first kappa shape index (κ1) is 40.3. The summed E-state index contributed by atoms with van der Waals surface area (Å²) >= 11 is 0. The maximum Gasteiger partial charge on any atom is 0.407 e. The van der Waals surface area contributed by atoms with Crippen LogP contribution in [0, 0.1) is 17.3 Å². The van der Waals surface area contributed by atoms with Crippen LogP contribution in [0.2, 0.25) is 18.1 Å². The molecule has 0 aliphatic heterocycles. The van der Waals surface area contributed by atoms with E-state index in [1.54, 1.807) is 48.5 Å². The third-order valence-electron chi connectivity index (χ3n) is 8.64. The molecule has 0 fully saturated rings. The van der Waals surface area contributed by atoms with Crippen LogP contribution < -0.4 is 5.32 Å². The Morgan fingerprint density at radius 3 is 1.79 bits per heavy atom. The summed E-state index contributed by atoms with van der Waals surface area (Å²) in [5, 5.41) is 14.0. The second kappa shape index (κ2) is 15.3. The molecule has 0 saturated carbocycles. The maximum absolute atomic E-state index is 13.7. The Morgan fingerprint density at radius 2 is 1.38 bits per heavy atom. The summed E-state index contributed by atoms with van der Waals surface area (Å²) in [6.45, 7) is 32.7. The van der Waals surface area contributed by atoms with E-state index in [1.807, 2.05) is 34.6 Å². The molecule has 0 aromatic heterocycles. The Bertz CT molecular complexity index is 956. The number of ketones is 1. The number of carbonyl (C=O) groups is 3. The smallest absolute Gasteiger partial charge is 0.407 e. The van der Waals surface area contributed by atoms with Crippen molar-refractivity contribution >= 4 is 26.2 Å². The fourth-order valence-corrected chi connectivity index (χ4v) is 5.93. The van der Waals surface area contributed by atoms with Crippen molar-refractivity contribution < 1.29 is 33.4 Å². The van der Waals surface area contributed by atoms with Gasteiger partial charge in [0, 0.05) is 6.04 Å². The van der Waals surface area contributed by atoms with Gasteiger partial charge in [-0.25, -0.2) is 4.79 Å². The van der Waals surface area contributed by atoms with Crippen LogP contribution >= 0.6 is 0 Å². The zero-order valence-corrected chi connectivity index (χ0v) is 30.8. The van der Waals surface area contributed by atoms with Crippen molar-refractivity contribution in [1.82, 2.24) is 5.32 Å². The normalized spacial score (nSPS) is 17.5. The molecule has 0 rings (SSSR count). The molecule has 0 radical (unpaired) electrons. The lowest BCUT2D eigenvalue weighted by Crippen LogP contribution is -2.51. The molecule has 9 heteroatoms. The van der Waals surface area contributed by atoms with E-state index in [9.17, 15) is 19.5 Å². The summed E-state index contributed by atoms with van der Waals surface area (Å²) in [7, 11) is -2.16. The fourth-order valence-electron chi connectivity index (χ4n) is 4.41. The third-order valence-corrected chi connectivity index (χ3v) is 13.1. The molecule has 0 aromatic rings. The van der Waals surface area contributed by atoms with E-state index in [0.29, 0.717) is 24.0 Å². The quantitative estimate of drug-likeness (QED) is 0.118. The van der Waals surface area contributed by atoms with Crippen molar-refractivity contribution in [3.05, 3.63) is 11.1 Å². The van der Waals surface area contributed by atoms with Crippen LogP contribution in [0.5, 0.6) is 0 Å². The number of carbonyl (C=O) groups excluding carboxylic acids is 3. The fraction of sp³-hybridized carbons (Fsp3) is 0.848. The van der Waals surface area contributed by atoms with Crippen LogP contribution in [-0.4, -0.2) is 61.2 Å². The molecular weight excluding hydrogens is 550 g/mol. The van der Waals surface area contributed by atoms with Gasteiger partial charge in [0.05, 0.1) is 17.4 Å². The first-order valence-electron chi connectivity index (χ1n) is 15.5. The number of aliphatic hydroxyl groups excluding tert-OH is 1. The van der Waals surface area contributed by atoms with Gasteiger partial charge in [0.1, 0.15) is 17.8 Å². The van der Waals surface area contributed by atoms with Gasteiger partial charge in [-0.1, -0.05) is 55.4 Å². The lowest BCUT2D eigenvalue weighted by molar-refractivity contribution is -0.152. The number of amides is 1. The first-order chi connectivity index (χ1) is 18.7. The van der Waals surface area contributed by atoms with Gasteiger partial charge in [0.25, 0.3) is 0 Å². The van der Waals surface area contributed by atoms with Gasteiger partial charge < -0.3 is 24.3 Å². The standard InChI is InChI=1S/C33H63NO7Si/c1-18-26(41-42(16,17)32(11,12)13)33(14,15)28(36)27(35)22(5)21(4)24(7)39-29(37)23(6)25(19-20(2)3)34-30(38)40-31(8,9)10/h20,23-27,35H,18-19H2,1-17H3,(H,34,38)/b22-21+/t23?,24-,25-,26-,27+/m0/s1. The van der Waals surface area contributed by atoms with E-state index in [2.05, 4.69) is 39.2 Å². The van der Waals surface area contributed by atoms with Gasteiger partial charge in [0.2, 0.25) is 0 Å². The molecule has 246 valence electrons. The van der Waals surface area contributed by atoms with Gasteiger partial charge in [-0.2, -0.15) is 0 Å². The number of nitrogens with one attached hydrogen (secondary N) is 1. The number of Topliss-reactive ketones (excluding diaryl/α,β-unsaturated/α-hetero) is 1. The zero-order valence-electron chi connectivity index (χ0n) is 29.8. The van der Waals surface area contributed by atoms with Crippen molar-refractivity contribution in [1.29, 1.82) is 0 Å². The molecule has 5 atom stereocenters. The molecule has 8 nitrogen and oxygen atoms in total. The molecule has 1 amide bonds. The predicted octanol–water partition coefficient (Wildman–Crippen LogP) is 7.59. The predicted molar refractivity (Wildman–Crippen MR) is 173 cm³/mol. The highest BCUT2D eigenvalue weighted by Gasteiger charge is 2.46. The number of ether oxygens (including phenoxy) is 2. The van der Waals surface area contributed by atoms with Crippen molar-refractivity contribution in [3.8, 4) is 0 Å². The van der Waals surface area contributed by atoms with Gasteiger partial charge in [-0.3, -0.25) is 9.59 Å². The molecule has 0 saturated heterocycles. The van der Waals surface area contributed by atoms with Crippen LogP contribution in [0.4, 0.5) is 4.79 Å². The Kier molecular flexibility index (Phi) is 14.7. The summed E-state index contributed by atoms with van der Waals surface area (Å²) in [4.78, 5) is 39.3. The summed E-state index contributed by atoms with van der Waals surface area (Å²) in [6, 6.07) is -0.482. The molecule has 42 heavy (non-hydrogen) atoms. The average molecular weight is 614 g/mol. The number of alkyl carbamates (subject to hydrolysis) is 1. The van der Waals surface area contributed by atoms with Gasteiger partial charge in [-0.05, 0) is 96.5 Å². The molecule has 2 N–H and O–H groups in total. The lowest BCUT2D eigenvalue weighted by Gasteiger charge is -2.44. The molecule has 0 aromatic carbocycles. The monoisotopic (exact) mass is 613 g/mol. The highest BCUT2D eigenvalue weighted by Crippen LogP contribution is 2.41. The molecule has 0 bridgehead atoms. The van der Waals surface area contributed by atoms with Crippen molar-refractivity contribution in [3.63, 3.8) is 0 Å². The van der Waals surface area contributed by atoms with Crippen LogP contribution in [-0.2, 0) is 23.5 Å². The van der Waals surface area contributed by atoms with Crippen LogP contribution in [0.15, 0.2) is 11.1 Å². The molecule has 1 unspecified atom stereocenters. The van der Waals surface area contributed by atoms with E-state index in [4.69, 9.17) is 13.9 Å². The SMILES string of the molecule is CC[C@H](O[Si](C)(C)C(C)(C)C)C(C)(C)C(=O)[C@H](O)/C(C)=C(\C)[C@H](C)OC(=O)C(C)[C@H](CC(C)C)NC(=O)OC(C)(C)C. The maximum atomic E-state index is 13.7. The first-order valence-corrected chi connectivity index (χ1v) is 18.4. The summed E-state index contributed by atoms with van der Waals surface area (Å²) in [5.74, 6) is -1.22. The summed E-state index contributed by atoms with van der Waals surface area (Å²) in [5.41, 5.74) is -0.540. The molecule has 0 aliphatic rings. The highest BCUT2D eigenvalue weighted by atomic mass is 28.4. The van der Waals surface area contributed by atoms with E-state index in [1.165, 1.54) is 0 Å². The second-order valence-electron chi connectivity index (χ2n) is 15.4. The highest BCUT2D eigenvalue weighted by molar-refractivity contribution is 6.74. The third kappa shape index (κ3) is 11.8. The summed E-state index contributed by atoms with van der Waals surface area (Å²) in [6.07, 6.45) is -1.77. The number of hydrogen-bond donors (Lipinski definition) is 2. The summed E-state index contributed by atoms with van der Waals surface area (Å²) < 4.78 is 17.8. The van der Waals surface area contributed by atoms with Crippen LogP contribution in [0.1, 0.15) is 117 Å². The van der Waals surface area contributed by atoms with E-state index >= 15 is 0 Å². The minimum Gasteiger partial charge on any atom is -0.458 e. The van der Waals surface area contributed by atoms with E-state index in [0.717, 1.165) is 0 Å². The van der Waals surface area contributed by atoms with Crippen molar-refractivity contribution in [2.45, 2.75) is 165 Å². The van der Waals surface area contributed by atoms with E-state index < -0.39 is 55.6 Å². The Hall–Kier alpha value is -1.71. The number of aliphatic hydroxyl groups is 1. The van der Waals surface area contributed by atoms with Crippen molar-refractivity contribution in [2.75, 3.05) is 0 Å². The Morgan fingerprint density at radius 1 is 0.881 bits per heavy atom. The van der Waals surface area contributed by atoms with E-state index in [-0.39, 0.29) is 22.8 Å². The largest absolute Gasteiger partial charge is 0.458 e. The van der Waals surface area contributed by atoms with Crippen molar-refractivity contribution in [2.24, 2.45) is 17.3 Å². The number of esters is 1. The Balaban J connectivity index is 5.82. The van der Waals surface area contributed by atoms with Crippen LogP contribution in [0.3, 0.4) is 0 Å². The Labute approximate surface area is 257 Å². The topological polar surface area (TPSA) is 111 Å². The van der Waals surface area contributed by atoms with Gasteiger partial charge in [0.15, 0.2) is 14.1 Å². The number of hydrogen-bond acceptors (Lipinski definition) is 7. The van der Waals surface area contributed by atoms with Crippen LogP contribution in [0.25, 0.3) is 0 Å². The lowest BCUT2D eigenvalue weighted by atomic mass is 9.77. The molecule has 0 spiro atoms. The molecule has 0 heterocycles. The van der Waals surface area contributed by atoms with Gasteiger partial charge in [-0.15, -0.1) is 0 Å². The van der Waals surface area contributed by atoms with Gasteiger partial charge >= 0.3 is 12.1 Å². The zero-order chi connectivity index (χ0) is 33.6. The second-order valence-corrected chi connectivity index (χ2v) is 20.1.